The van der Waals surface area contributed by atoms with Crippen molar-refractivity contribution in [3.8, 4) is 17.2 Å². The molecule has 1 saturated heterocycles. The van der Waals surface area contributed by atoms with Crippen molar-refractivity contribution in [2.24, 2.45) is 0 Å². The van der Waals surface area contributed by atoms with Crippen molar-refractivity contribution in [2.45, 2.75) is 50.4 Å². The summed E-state index contributed by atoms with van der Waals surface area (Å²) in [5.41, 5.74) is 3.13. The minimum atomic E-state index is -1.18. The first-order valence-corrected chi connectivity index (χ1v) is 12.8. The second-order valence-corrected chi connectivity index (χ2v) is 11.1. The van der Waals surface area contributed by atoms with E-state index in [1.165, 1.54) is 11.8 Å². The average molecular weight is 481 g/mol. The number of hydrogen-bond acceptors (Lipinski definition) is 6. The summed E-state index contributed by atoms with van der Waals surface area (Å²) < 4.78 is 17.4. The molecule has 4 aliphatic rings. The predicted octanol–water partition coefficient (Wildman–Crippen LogP) is 4.42. The van der Waals surface area contributed by atoms with Crippen LogP contribution in [0.25, 0.3) is 0 Å². The minimum absolute atomic E-state index is 0.0694. The average Bonchev–Trinajstić information content (AvgIpc) is 3.28. The molecule has 2 amide bonds. The molecule has 1 spiro atoms. The summed E-state index contributed by atoms with van der Waals surface area (Å²) in [4.78, 5) is 30.3. The van der Waals surface area contributed by atoms with Gasteiger partial charge in [0.15, 0.2) is 11.5 Å². The van der Waals surface area contributed by atoms with Crippen LogP contribution in [0.3, 0.4) is 0 Å². The Morgan fingerprint density at radius 2 is 1.85 bits per heavy atom. The van der Waals surface area contributed by atoms with Gasteiger partial charge in [0.25, 0.3) is 5.91 Å². The first-order chi connectivity index (χ1) is 16.3. The normalized spacial score (nSPS) is 26.3. The molecule has 34 heavy (non-hydrogen) atoms. The van der Waals surface area contributed by atoms with Gasteiger partial charge in [-0.25, -0.2) is 0 Å². The maximum atomic E-state index is 14.4. The molecule has 0 radical (unpaired) electrons. The van der Waals surface area contributed by atoms with Gasteiger partial charge in [-0.3, -0.25) is 14.5 Å². The van der Waals surface area contributed by atoms with Crippen molar-refractivity contribution in [2.75, 3.05) is 35.4 Å². The van der Waals surface area contributed by atoms with Crippen molar-refractivity contribution >= 4 is 35.0 Å². The van der Waals surface area contributed by atoms with Gasteiger partial charge in [0.2, 0.25) is 10.8 Å². The quantitative estimate of drug-likeness (QED) is 0.648. The molecule has 0 unspecified atom stereocenters. The predicted molar refractivity (Wildman–Crippen MR) is 131 cm³/mol. The van der Waals surface area contributed by atoms with Crippen LogP contribution < -0.4 is 24.0 Å². The van der Waals surface area contributed by atoms with Crippen molar-refractivity contribution in [1.82, 2.24) is 0 Å². The van der Waals surface area contributed by atoms with Crippen LogP contribution >= 0.6 is 11.8 Å². The lowest BCUT2D eigenvalue weighted by Crippen LogP contribution is -2.56. The number of hydrogen-bond donors (Lipinski definition) is 0. The second-order valence-electron chi connectivity index (χ2n) is 9.89. The third-order valence-corrected chi connectivity index (χ3v) is 8.59. The molecule has 178 valence electrons. The van der Waals surface area contributed by atoms with Crippen LogP contribution in [0, 0.1) is 0 Å². The third-order valence-electron chi connectivity index (χ3n) is 7.20. The molecule has 1 fully saturated rings. The number of rotatable bonds is 3. The summed E-state index contributed by atoms with van der Waals surface area (Å²) in [6.07, 6.45) is 0.833. The number of carbonyl (C=O) groups excluding carboxylic acids is 2. The maximum absolute atomic E-state index is 14.4. The number of anilines is 2. The Balaban J connectivity index is 1.59. The minimum Gasteiger partial charge on any atom is -0.494 e. The Kier molecular flexibility index (Phi) is 4.66. The van der Waals surface area contributed by atoms with Gasteiger partial charge in [-0.05, 0) is 62.9 Å². The second kappa shape index (κ2) is 7.31. The zero-order valence-corrected chi connectivity index (χ0v) is 20.7. The van der Waals surface area contributed by atoms with Gasteiger partial charge in [-0.15, -0.1) is 11.8 Å². The Morgan fingerprint density at radius 3 is 2.62 bits per heavy atom. The monoisotopic (exact) mass is 480 g/mol. The molecule has 7 nitrogen and oxygen atoms in total. The maximum Gasteiger partial charge on any atom is 0.269 e. The molecule has 2 atom stereocenters. The molecule has 4 heterocycles. The molecule has 0 aromatic heterocycles. The Hall–Kier alpha value is -2.87. The highest BCUT2D eigenvalue weighted by Crippen LogP contribution is 2.62. The van der Waals surface area contributed by atoms with Gasteiger partial charge < -0.3 is 19.1 Å². The highest BCUT2D eigenvalue weighted by molar-refractivity contribution is 8.02. The first-order valence-electron chi connectivity index (χ1n) is 11.8. The Morgan fingerprint density at radius 1 is 1.09 bits per heavy atom. The fraction of sp³-hybridized carbons (Fsp3) is 0.462. The summed E-state index contributed by atoms with van der Waals surface area (Å²) in [7, 11) is 0. The number of ether oxygens (including phenoxy) is 3. The number of thioether (sulfide) groups is 1. The molecule has 2 aromatic carbocycles. The highest BCUT2D eigenvalue weighted by atomic mass is 32.2. The van der Waals surface area contributed by atoms with Gasteiger partial charge in [-0.1, -0.05) is 6.92 Å². The van der Waals surface area contributed by atoms with Crippen LogP contribution in [-0.4, -0.2) is 42.9 Å². The van der Waals surface area contributed by atoms with Gasteiger partial charge in [-0.2, -0.15) is 0 Å². The molecule has 6 rings (SSSR count). The zero-order chi connectivity index (χ0) is 23.8. The van der Waals surface area contributed by atoms with Crippen LogP contribution in [0.1, 0.15) is 51.2 Å². The number of amides is 2. The van der Waals surface area contributed by atoms with E-state index in [1.54, 1.807) is 4.90 Å². The van der Waals surface area contributed by atoms with E-state index in [2.05, 4.69) is 26.8 Å². The number of nitrogens with zero attached hydrogens (tertiary/aromatic N) is 2. The van der Waals surface area contributed by atoms with Gasteiger partial charge in [0.05, 0.1) is 18.0 Å². The molecule has 0 saturated carbocycles. The number of fused-ring (bicyclic) bond motifs is 2. The SMILES string of the molecule is CCOc1cc2c3c(c1)[C@]1(SCC(=O)N1c1ccc4c(c1)OCCO4)C(=O)N3C(C)(C)C[C@@H]2C. The van der Waals surface area contributed by atoms with E-state index in [4.69, 9.17) is 14.2 Å². The molecule has 0 bridgehead atoms. The standard InChI is InChI=1S/C26H28N2O5S/c1-5-31-17-11-18-15(2)13-25(3,4)28-23(18)19(12-17)26(24(28)30)27(22(29)14-34-26)16-6-7-20-21(10-16)33-9-8-32-20/h6-7,10-12,15H,5,8-9,13-14H2,1-4H3/t15-,26-/m0/s1. The van der Waals surface area contributed by atoms with Crippen molar-refractivity contribution in [1.29, 1.82) is 0 Å². The smallest absolute Gasteiger partial charge is 0.269 e. The molecule has 8 heteroatoms. The van der Waals surface area contributed by atoms with E-state index in [1.807, 2.05) is 36.1 Å². The summed E-state index contributed by atoms with van der Waals surface area (Å²) in [6.45, 7) is 9.84. The van der Waals surface area contributed by atoms with Crippen molar-refractivity contribution in [3.63, 3.8) is 0 Å². The van der Waals surface area contributed by atoms with Crippen LogP contribution in [0.5, 0.6) is 17.2 Å². The van der Waals surface area contributed by atoms with E-state index in [0.717, 1.165) is 29.0 Å². The summed E-state index contributed by atoms with van der Waals surface area (Å²) in [5, 5.41) is 0. The van der Waals surface area contributed by atoms with Crippen molar-refractivity contribution in [3.05, 3.63) is 41.5 Å². The van der Waals surface area contributed by atoms with Gasteiger partial charge in [0.1, 0.15) is 19.0 Å². The Bertz CT molecular complexity index is 1230. The van der Waals surface area contributed by atoms with E-state index in [9.17, 15) is 9.59 Å². The van der Waals surface area contributed by atoms with E-state index in [-0.39, 0.29) is 29.0 Å². The van der Waals surface area contributed by atoms with Crippen LogP contribution in [0.2, 0.25) is 0 Å². The zero-order valence-electron chi connectivity index (χ0n) is 19.8. The van der Waals surface area contributed by atoms with Gasteiger partial charge >= 0.3 is 0 Å². The lowest BCUT2D eigenvalue weighted by Gasteiger charge is -2.44. The van der Waals surface area contributed by atoms with Crippen LogP contribution in [0.15, 0.2) is 30.3 Å². The molecule has 4 aliphatic heterocycles. The molecular formula is C26H28N2O5S. The molecular weight excluding hydrogens is 452 g/mol. The molecule has 0 aliphatic carbocycles. The van der Waals surface area contributed by atoms with E-state index >= 15 is 0 Å². The first kappa shape index (κ1) is 21.6. The van der Waals surface area contributed by atoms with Crippen LogP contribution in [-0.2, 0) is 14.5 Å². The lowest BCUT2D eigenvalue weighted by molar-refractivity contribution is -0.124. The summed E-state index contributed by atoms with van der Waals surface area (Å²) in [6, 6.07) is 9.51. The topological polar surface area (TPSA) is 68.3 Å². The van der Waals surface area contributed by atoms with Crippen LogP contribution in [0.4, 0.5) is 11.4 Å². The summed E-state index contributed by atoms with van der Waals surface area (Å²) >= 11 is 1.39. The molecule has 2 aromatic rings. The van der Waals surface area contributed by atoms with Crippen molar-refractivity contribution < 1.29 is 23.8 Å². The van der Waals surface area contributed by atoms with E-state index in [0.29, 0.717) is 37.0 Å². The largest absolute Gasteiger partial charge is 0.494 e. The lowest BCUT2D eigenvalue weighted by atomic mass is 9.80. The third kappa shape index (κ3) is 2.78. The highest BCUT2D eigenvalue weighted by Gasteiger charge is 2.64. The fourth-order valence-electron chi connectivity index (χ4n) is 5.98. The summed E-state index contributed by atoms with van der Waals surface area (Å²) in [5.74, 6) is 2.28. The van der Waals surface area contributed by atoms with Gasteiger partial charge in [0, 0.05) is 22.9 Å². The Labute approximate surface area is 203 Å². The number of benzene rings is 2. The molecule has 0 N–H and O–H groups in total. The van der Waals surface area contributed by atoms with E-state index < -0.39 is 4.87 Å². The fourth-order valence-corrected chi connectivity index (χ4v) is 7.31. The number of carbonyl (C=O) groups is 2.